The van der Waals surface area contributed by atoms with Crippen LogP contribution < -0.4 is 10.0 Å². The van der Waals surface area contributed by atoms with Crippen molar-refractivity contribution in [2.24, 2.45) is 5.92 Å². The Balaban J connectivity index is 1.90. The Bertz CT molecular complexity index is 1090. The van der Waals surface area contributed by atoms with E-state index in [1.807, 2.05) is 30.3 Å². The van der Waals surface area contributed by atoms with Crippen LogP contribution in [0.4, 0.5) is 9.80 Å². The van der Waals surface area contributed by atoms with E-state index >= 15 is 0 Å². The minimum atomic E-state index is -4.17. The molecular formula is C21H26N4O3S2. The van der Waals surface area contributed by atoms with Crippen LogP contribution in [-0.2, 0) is 22.9 Å². The molecule has 0 aliphatic heterocycles. The summed E-state index contributed by atoms with van der Waals surface area (Å²) in [7, 11) is -4.17. The fourth-order valence-electron chi connectivity index (χ4n) is 3.03. The second kappa shape index (κ2) is 9.44. The molecule has 3 rings (SSSR count). The Kier molecular flexibility index (Phi) is 6.94. The molecule has 0 bridgehead atoms. The Morgan fingerprint density at radius 2 is 1.97 bits per heavy atom. The van der Waals surface area contributed by atoms with Gasteiger partial charge in [0.15, 0.2) is 0 Å². The van der Waals surface area contributed by atoms with Gasteiger partial charge >= 0.3 is 15.3 Å². The molecule has 0 spiro atoms. The van der Waals surface area contributed by atoms with Crippen molar-refractivity contribution >= 4 is 31.6 Å². The molecule has 2 heterocycles. The smallest absolute Gasteiger partial charge is 0.348 e. The highest BCUT2D eigenvalue weighted by molar-refractivity contribution is 8.07. The van der Waals surface area contributed by atoms with Gasteiger partial charge in [-0.2, -0.15) is 8.42 Å². The molecule has 160 valence electrons. The lowest BCUT2D eigenvalue weighted by Crippen LogP contribution is -2.33. The third kappa shape index (κ3) is 5.48. The van der Waals surface area contributed by atoms with Crippen LogP contribution in [-0.4, -0.2) is 30.2 Å². The summed E-state index contributed by atoms with van der Waals surface area (Å²) in [5.74, 6) is 1.31. The van der Waals surface area contributed by atoms with Crippen LogP contribution in [0.25, 0.3) is 11.1 Å². The van der Waals surface area contributed by atoms with Gasteiger partial charge in [0.25, 0.3) is 0 Å². The van der Waals surface area contributed by atoms with E-state index in [1.165, 1.54) is 11.3 Å². The predicted molar refractivity (Wildman–Crippen MR) is 121 cm³/mol. The minimum absolute atomic E-state index is 0.243. The van der Waals surface area contributed by atoms with Gasteiger partial charge in [-0.05, 0) is 36.5 Å². The van der Waals surface area contributed by atoms with E-state index in [1.54, 1.807) is 19.3 Å². The molecule has 1 aromatic carbocycles. The maximum Gasteiger partial charge on any atom is 0.357 e. The fourth-order valence-corrected chi connectivity index (χ4v) is 5.45. The summed E-state index contributed by atoms with van der Waals surface area (Å²) >= 11 is 1.37. The van der Waals surface area contributed by atoms with Crippen LogP contribution in [0.1, 0.15) is 37.0 Å². The number of amides is 1. The van der Waals surface area contributed by atoms with E-state index < -0.39 is 15.3 Å². The fraction of sp³-hybridized carbons (Fsp3) is 0.333. The van der Waals surface area contributed by atoms with Gasteiger partial charge in [-0.25, -0.2) is 4.98 Å². The topological polar surface area (TPSA) is 104 Å². The number of aromatic amines is 1. The number of benzene rings is 1. The summed E-state index contributed by atoms with van der Waals surface area (Å²) in [6, 6.07) is 9.92. The van der Waals surface area contributed by atoms with Crippen LogP contribution in [0.2, 0.25) is 0 Å². The van der Waals surface area contributed by atoms with Crippen molar-refractivity contribution in [2.45, 2.75) is 33.6 Å². The molecule has 0 saturated carbocycles. The highest BCUT2D eigenvalue weighted by Gasteiger charge is 2.24. The summed E-state index contributed by atoms with van der Waals surface area (Å²) in [5, 5.41) is 1.77. The third-order valence-electron chi connectivity index (χ3n) is 4.38. The van der Waals surface area contributed by atoms with Crippen molar-refractivity contribution in [1.29, 1.82) is 0 Å². The van der Waals surface area contributed by atoms with Gasteiger partial charge in [-0.15, -0.1) is 11.3 Å². The van der Waals surface area contributed by atoms with Gasteiger partial charge in [0.2, 0.25) is 0 Å². The zero-order valence-corrected chi connectivity index (χ0v) is 18.9. The molecule has 30 heavy (non-hydrogen) atoms. The first-order valence-electron chi connectivity index (χ1n) is 9.79. The summed E-state index contributed by atoms with van der Waals surface area (Å²) in [5.41, 5.74) is 2.75. The molecule has 3 N–H and O–H groups in total. The van der Waals surface area contributed by atoms with E-state index in [-0.39, 0.29) is 6.54 Å². The van der Waals surface area contributed by atoms with Crippen LogP contribution >= 0.6 is 11.3 Å². The number of aromatic nitrogens is 2. The number of nitrogens with zero attached hydrogens (tertiary/aromatic N) is 1. The largest absolute Gasteiger partial charge is 0.357 e. The van der Waals surface area contributed by atoms with Crippen molar-refractivity contribution in [1.82, 2.24) is 15.3 Å². The standard InChI is InChI=1S/C21H26N4O3S2/c1-4-22-21(26)30(27,28)25-20-18(13-17(29-20)11-14(2)3)16-7-5-15(6-8-16)12-19-23-9-10-24-19/h5-10,13-14,25H,4,11-12H2,1-3H3,(H,22,26)(H,23,24). The Morgan fingerprint density at radius 3 is 2.57 bits per heavy atom. The number of imidazole rings is 1. The molecule has 9 heteroatoms. The maximum atomic E-state index is 12.4. The van der Waals surface area contributed by atoms with Gasteiger partial charge in [0.1, 0.15) is 10.8 Å². The quantitative estimate of drug-likeness (QED) is 0.477. The lowest BCUT2D eigenvalue weighted by atomic mass is 10.0. The normalized spacial score (nSPS) is 11.6. The summed E-state index contributed by atoms with van der Waals surface area (Å²) in [4.78, 5) is 20.3. The number of hydrogen-bond acceptors (Lipinski definition) is 5. The van der Waals surface area contributed by atoms with E-state index in [0.717, 1.165) is 33.8 Å². The second-order valence-corrected chi connectivity index (χ2v) is 10.1. The first-order chi connectivity index (χ1) is 14.3. The average Bonchev–Trinajstić information content (AvgIpc) is 3.32. The Morgan fingerprint density at radius 1 is 1.23 bits per heavy atom. The van der Waals surface area contributed by atoms with E-state index in [4.69, 9.17) is 0 Å². The van der Waals surface area contributed by atoms with Gasteiger partial charge in [0, 0.05) is 35.8 Å². The number of nitrogens with one attached hydrogen (secondary N) is 3. The molecule has 0 unspecified atom stereocenters. The SMILES string of the molecule is CCNC(=O)S(=O)(=O)Nc1sc(CC(C)C)cc1-c1ccc(Cc2ncc[nH]2)cc1. The van der Waals surface area contributed by atoms with Crippen molar-refractivity contribution in [2.75, 3.05) is 11.3 Å². The van der Waals surface area contributed by atoms with Gasteiger partial charge in [0.05, 0.1) is 0 Å². The minimum Gasteiger partial charge on any atom is -0.348 e. The number of H-pyrrole nitrogens is 1. The second-order valence-electron chi connectivity index (χ2n) is 7.39. The molecular weight excluding hydrogens is 420 g/mol. The average molecular weight is 447 g/mol. The number of thiophene rings is 1. The molecule has 0 radical (unpaired) electrons. The number of carbonyl (C=O) groups is 1. The molecule has 7 nitrogen and oxygen atoms in total. The van der Waals surface area contributed by atoms with Crippen LogP contribution in [0.3, 0.4) is 0 Å². The molecule has 0 aliphatic rings. The first-order valence-corrected chi connectivity index (χ1v) is 12.1. The molecule has 0 saturated heterocycles. The van der Waals surface area contributed by atoms with Crippen molar-refractivity contribution in [3.8, 4) is 11.1 Å². The van der Waals surface area contributed by atoms with Crippen molar-refractivity contribution < 1.29 is 13.2 Å². The first kappa shape index (κ1) is 22.0. The van der Waals surface area contributed by atoms with Crippen molar-refractivity contribution in [3.63, 3.8) is 0 Å². The zero-order chi connectivity index (χ0) is 21.7. The number of anilines is 1. The van der Waals surface area contributed by atoms with E-state index in [2.05, 4.69) is 33.9 Å². The summed E-state index contributed by atoms with van der Waals surface area (Å²) in [6.45, 7) is 6.14. The third-order valence-corrected chi connectivity index (χ3v) is 6.68. The lowest BCUT2D eigenvalue weighted by molar-refractivity contribution is 0.259. The maximum absolute atomic E-state index is 12.4. The van der Waals surface area contributed by atoms with E-state index in [9.17, 15) is 13.2 Å². The molecule has 3 aromatic rings. The monoisotopic (exact) mass is 446 g/mol. The Hall–Kier alpha value is -2.65. The zero-order valence-electron chi connectivity index (χ0n) is 17.2. The molecule has 1 amide bonds. The number of sulfonamides is 1. The number of rotatable bonds is 8. The summed E-state index contributed by atoms with van der Waals surface area (Å²) in [6.07, 6.45) is 5.03. The molecule has 0 aliphatic carbocycles. The number of hydrogen-bond donors (Lipinski definition) is 3. The van der Waals surface area contributed by atoms with Gasteiger partial charge < -0.3 is 10.3 Å². The van der Waals surface area contributed by atoms with Crippen LogP contribution in [0.15, 0.2) is 42.7 Å². The van der Waals surface area contributed by atoms with Crippen LogP contribution in [0, 0.1) is 5.92 Å². The summed E-state index contributed by atoms with van der Waals surface area (Å²) < 4.78 is 27.3. The predicted octanol–water partition coefficient (Wildman–Crippen LogP) is 4.40. The highest BCUT2D eigenvalue weighted by Crippen LogP contribution is 2.38. The molecule has 0 atom stereocenters. The molecule has 2 aromatic heterocycles. The van der Waals surface area contributed by atoms with Crippen LogP contribution in [0.5, 0.6) is 0 Å². The highest BCUT2D eigenvalue weighted by atomic mass is 32.2. The number of carbonyl (C=O) groups excluding carboxylic acids is 1. The van der Waals surface area contributed by atoms with Crippen molar-refractivity contribution in [3.05, 3.63) is 59.0 Å². The van der Waals surface area contributed by atoms with Gasteiger partial charge in [-0.1, -0.05) is 38.1 Å². The molecule has 0 fully saturated rings. The lowest BCUT2D eigenvalue weighted by Gasteiger charge is -2.09. The van der Waals surface area contributed by atoms with E-state index in [0.29, 0.717) is 17.3 Å². The van der Waals surface area contributed by atoms with Gasteiger partial charge in [-0.3, -0.25) is 9.52 Å². The Labute approximate surface area is 181 Å².